The van der Waals surface area contributed by atoms with Gasteiger partial charge in [0.15, 0.2) is 5.13 Å². The maximum atomic E-state index is 12.4. The summed E-state index contributed by atoms with van der Waals surface area (Å²) in [6, 6.07) is 15.9. The number of methoxy groups -OCH3 is 1. The van der Waals surface area contributed by atoms with Crippen LogP contribution >= 0.6 is 11.3 Å². The maximum absolute atomic E-state index is 12.4. The number of nitrogens with one attached hydrogen (secondary N) is 1. The van der Waals surface area contributed by atoms with Crippen LogP contribution < -0.4 is 10.1 Å². The standard InChI is InChI=1S/C25H23N3O2S/c1-16-12-19(14-18-4-6-21(30-3)7-5-18)13-17(2)23(16)22-15-31-25(27-22)28-24(29)20-8-10-26-11-9-20/h4-13,15H,14H2,1-3H3,(H,27,28,29). The summed E-state index contributed by atoms with van der Waals surface area (Å²) in [7, 11) is 1.68. The minimum Gasteiger partial charge on any atom is -0.497 e. The van der Waals surface area contributed by atoms with E-state index in [9.17, 15) is 4.79 Å². The number of rotatable bonds is 6. The van der Waals surface area contributed by atoms with E-state index in [1.807, 2.05) is 17.5 Å². The normalized spacial score (nSPS) is 10.7. The van der Waals surface area contributed by atoms with Crippen molar-refractivity contribution in [3.63, 3.8) is 0 Å². The molecule has 4 aromatic rings. The molecule has 0 unspecified atom stereocenters. The van der Waals surface area contributed by atoms with Gasteiger partial charge in [-0.2, -0.15) is 0 Å². The van der Waals surface area contributed by atoms with Gasteiger partial charge >= 0.3 is 0 Å². The highest BCUT2D eigenvalue weighted by Gasteiger charge is 2.14. The number of thiazole rings is 1. The molecule has 0 atom stereocenters. The highest BCUT2D eigenvalue weighted by atomic mass is 32.1. The van der Waals surface area contributed by atoms with Crippen molar-refractivity contribution in [3.05, 3.63) is 94.1 Å². The third kappa shape index (κ3) is 4.81. The van der Waals surface area contributed by atoms with Crippen molar-refractivity contribution >= 4 is 22.4 Å². The van der Waals surface area contributed by atoms with E-state index >= 15 is 0 Å². The smallest absolute Gasteiger partial charge is 0.257 e. The molecule has 0 spiro atoms. The number of aromatic nitrogens is 2. The first kappa shape index (κ1) is 20.8. The number of pyridine rings is 1. The zero-order valence-corrected chi connectivity index (χ0v) is 18.5. The summed E-state index contributed by atoms with van der Waals surface area (Å²) < 4.78 is 5.24. The molecule has 0 fully saturated rings. The molecule has 0 radical (unpaired) electrons. The zero-order chi connectivity index (χ0) is 21.8. The molecular weight excluding hydrogens is 406 g/mol. The fraction of sp³-hybridized carbons (Fsp3) is 0.160. The molecule has 6 heteroatoms. The van der Waals surface area contributed by atoms with Gasteiger partial charge in [-0.25, -0.2) is 4.98 Å². The maximum Gasteiger partial charge on any atom is 0.257 e. The number of ether oxygens (including phenoxy) is 1. The Labute approximate surface area is 185 Å². The molecule has 2 aromatic carbocycles. The van der Waals surface area contributed by atoms with Gasteiger partial charge in [-0.05, 0) is 66.8 Å². The number of anilines is 1. The van der Waals surface area contributed by atoms with E-state index in [2.05, 4.69) is 53.4 Å². The number of nitrogens with zero attached hydrogens (tertiary/aromatic N) is 2. The molecular formula is C25H23N3O2S. The van der Waals surface area contributed by atoms with Crippen molar-refractivity contribution in [2.45, 2.75) is 20.3 Å². The number of aryl methyl sites for hydroxylation is 2. The number of hydrogen-bond acceptors (Lipinski definition) is 5. The highest BCUT2D eigenvalue weighted by molar-refractivity contribution is 7.14. The Bertz CT molecular complexity index is 1180. The van der Waals surface area contributed by atoms with Crippen LogP contribution in [0.4, 0.5) is 5.13 Å². The molecule has 4 rings (SSSR count). The molecule has 2 heterocycles. The van der Waals surface area contributed by atoms with Crippen LogP contribution in [0.1, 0.15) is 32.6 Å². The van der Waals surface area contributed by atoms with Crippen LogP contribution in [0.25, 0.3) is 11.3 Å². The van der Waals surface area contributed by atoms with Crippen LogP contribution in [0.2, 0.25) is 0 Å². The Kier molecular flexibility index (Phi) is 6.09. The summed E-state index contributed by atoms with van der Waals surface area (Å²) >= 11 is 1.42. The zero-order valence-electron chi connectivity index (χ0n) is 17.7. The number of benzene rings is 2. The number of carbonyl (C=O) groups excluding carboxylic acids is 1. The van der Waals surface area contributed by atoms with Crippen molar-refractivity contribution in [1.29, 1.82) is 0 Å². The van der Waals surface area contributed by atoms with Gasteiger partial charge in [0, 0.05) is 28.9 Å². The summed E-state index contributed by atoms with van der Waals surface area (Å²) in [5, 5.41) is 5.44. The van der Waals surface area contributed by atoms with E-state index < -0.39 is 0 Å². The van der Waals surface area contributed by atoms with E-state index in [0.717, 1.165) is 23.4 Å². The Morgan fingerprint density at radius 3 is 2.32 bits per heavy atom. The monoisotopic (exact) mass is 429 g/mol. The Balaban J connectivity index is 1.52. The molecule has 0 aliphatic carbocycles. The predicted octanol–water partition coefficient (Wildman–Crippen LogP) is 5.67. The third-order valence-electron chi connectivity index (χ3n) is 5.08. The average molecular weight is 430 g/mol. The molecule has 1 amide bonds. The molecule has 0 bridgehead atoms. The lowest BCUT2D eigenvalue weighted by Crippen LogP contribution is -2.11. The van der Waals surface area contributed by atoms with Gasteiger partial charge in [-0.15, -0.1) is 11.3 Å². The van der Waals surface area contributed by atoms with Crippen LogP contribution in [0.15, 0.2) is 66.3 Å². The lowest BCUT2D eigenvalue weighted by molar-refractivity contribution is 0.102. The Morgan fingerprint density at radius 1 is 1.00 bits per heavy atom. The summed E-state index contributed by atoms with van der Waals surface area (Å²) in [5.74, 6) is 0.674. The van der Waals surface area contributed by atoms with Gasteiger partial charge in [0.05, 0.1) is 12.8 Å². The summed E-state index contributed by atoms with van der Waals surface area (Å²) in [5.41, 5.74) is 7.37. The topological polar surface area (TPSA) is 64.1 Å². The quantitative estimate of drug-likeness (QED) is 0.429. The number of carbonyl (C=O) groups is 1. The molecule has 0 aliphatic heterocycles. The van der Waals surface area contributed by atoms with Gasteiger partial charge in [-0.3, -0.25) is 15.1 Å². The van der Waals surface area contributed by atoms with E-state index in [-0.39, 0.29) is 5.91 Å². The first-order chi connectivity index (χ1) is 15.0. The second kappa shape index (κ2) is 9.10. The molecule has 2 aromatic heterocycles. The number of hydrogen-bond donors (Lipinski definition) is 1. The predicted molar refractivity (Wildman–Crippen MR) is 125 cm³/mol. The molecule has 156 valence electrons. The molecule has 0 aliphatic rings. The summed E-state index contributed by atoms with van der Waals surface area (Å²) in [4.78, 5) is 21.0. The Morgan fingerprint density at radius 2 is 1.68 bits per heavy atom. The lowest BCUT2D eigenvalue weighted by atomic mass is 9.94. The first-order valence-corrected chi connectivity index (χ1v) is 10.8. The number of amides is 1. The van der Waals surface area contributed by atoms with Crippen LogP contribution in [0.3, 0.4) is 0 Å². The second-order valence-electron chi connectivity index (χ2n) is 7.36. The van der Waals surface area contributed by atoms with Gasteiger partial charge in [0.25, 0.3) is 5.91 Å². The van der Waals surface area contributed by atoms with Gasteiger partial charge in [0.2, 0.25) is 0 Å². The molecule has 1 N–H and O–H groups in total. The second-order valence-corrected chi connectivity index (χ2v) is 8.22. The van der Waals surface area contributed by atoms with E-state index in [0.29, 0.717) is 10.7 Å². The van der Waals surface area contributed by atoms with E-state index in [4.69, 9.17) is 4.74 Å². The molecule has 0 saturated carbocycles. The molecule has 0 saturated heterocycles. The van der Waals surface area contributed by atoms with Crippen molar-refractivity contribution in [3.8, 4) is 17.0 Å². The third-order valence-corrected chi connectivity index (χ3v) is 5.84. The SMILES string of the molecule is COc1ccc(Cc2cc(C)c(-c3csc(NC(=O)c4ccncc4)n3)c(C)c2)cc1. The van der Waals surface area contributed by atoms with Gasteiger partial charge in [0.1, 0.15) is 5.75 Å². The van der Waals surface area contributed by atoms with Crippen LogP contribution in [0, 0.1) is 13.8 Å². The minimum atomic E-state index is -0.188. The van der Waals surface area contributed by atoms with Crippen molar-refractivity contribution in [2.75, 3.05) is 12.4 Å². The largest absolute Gasteiger partial charge is 0.497 e. The first-order valence-electron chi connectivity index (χ1n) is 9.94. The molecule has 5 nitrogen and oxygen atoms in total. The molecule has 31 heavy (non-hydrogen) atoms. The fourth-order valence-corrected chi connectivity index (χ4v) is 4.35. The minimum absolute atomic E-state index is 0.188. The highest BCUT2D eigenvalue weighted by Crippen LogP contribution is 2.32. The van der Waals surface area contributed by atoms with Crippen LogP contribution in [-0.4, -0.2) is 23.0 Å². The van der Waals surface area contributed by atoms with Crippen molar-refractivity contribution in [2.24, 2.45) is 0 Å². The van der Waals surface area contributed by atoms with Crippen molar-refractivity contribution in [1.82, 2.24) is 9.97 Å². The van der Waals surface area contributed by atoms with E-state index in [1.54, 1.807) is 31.6 Å². The van der Waals surface area contributed by atoms with E-state index in [1.165, 1.54) is 33.6 Å². The Hall–Kier alpha value is -3.51. The van der Waals surface area contributed by atoms with Gasteiger partial charge < -0.3 is 4.74 Å². The summed E-state index contributed by atoms with van der Waals surface area (Å²) in [6.45, 7) is 4.21. The fourth-order valence-electron chi connectivity index (χ4n) is 3.66. The van der Waals surface area contributed by atoms with Crippen molar-refractivity contribution < 1.29 is 9.53 Å². The average Bonchev–Trinajstić information content (AvgIpc) is 3.22. The summed E-state index contributed by atoms with van der Waals surface area (Å²) in [6.07, 6.45) is 4.06. The lowest BCUT2D eigenvalue weighted by Gasteiger charge is -2.12. The van der Waals surface area contributed by atoms with Crippen LogP contribution in [-0.2, 0) is 6.42 Å². The van der Waals surface area contributed by atoms with Gasteiger partial charge in [-0.1, -0.05) is 24.3 Å². The van der Waals surface area contributed by atoms with Crippen LogP contribution in [0.5, 0.6) is 5.75 Å².